The molecule has 2 heterocycles. The molecule has 0 radical (unpaired) electrons. The van der Waals surface area contributed by atoms with Crippen LogP contribution in [-0.2, 0) is 27.8 Å². The van der Waals surface area contributed by atoms with Crippen LogP contribution in [-0.4, -0.2) is 53.6 Å². The van der Waals surface area contributed by atoms with E-state index >= 15 is 0 Å². The van der Waals surface area contributed by atoms with Gasteiger partial charge in [0.25, 0.3) is 5.91 Å². The Morgan fingerprint density at radius 2 is 1.89 bits per heavy atom. The summed E-state index contributed by atoms with van der Waals surface area (Å²) >= 11 is 0. The number of ether oxygens (including phenoxy) is 1. The second-order valence-corrected chi connectivity index (χ2v) is 12.5. The van der Waals surface area contributed by atoms with E-state index in [0.29, 0.717) is 41.0 Å². The average molecular weight is 623 g/mol. The third kappa shape index (κ3) is 5.22. The van der Waals surface area contributed by atoms with Crippen LogP contribution < -0.4 is 10.1 Å². The van der Waals surface area contributed by atoms with E-state index < -0.39 is 27.9 Å². The van der Waals surface area contributed by atoms with Gasteiger partial charge in [-0.05, 0) is 60.4 Å². The van der Waals surface area contributed by atoms with Gasteiger partial charge in [0.05, 0.1) is 17.1 Å². The van der Waals surface area contributed by atoms with Crippen molar-refractivity contribution in [1.29, 1.82) is 5.26 Å². The van der Waals surface area contributed by atoms with Crippen LogP contribution in [0.2, 0.25) is 0 Å². The summed E-state index contributed by atoms with van der Waals surface area (Å²) in [6.07, 6.45) is 1.88. The number of sulfonamides is 1. The fourth-order valence-electron chi connectivity index (χ4n) is 5.76. The van der Waals surface area contributed by atoms with Gasteiger partial charge in [0.2, 0.25) is 15.8 Å². The third-order valence-electron chi connectivity index (χ3n) is 7.92. The molecule has 1 aromatic heterocycles. The quantitative estimate of drug-likeness (QED) is 0.261. The lowest BCUT2D eigenvalue weighted by atomic mass is 9.95. The minimum atomic E-state index is -4.00. The number of aliphatic carboxylic acids is 1. The highest BCUT2D eigenvalue weighted by atomic mass is 32.2. The monoisotopic (exact) mass is 622 g/mol. The van der Waals surface area contributed by atoms with Crippen LogP contribution in [0.1, 0.15) is 61.6 Å². The Bertz CT molecular complexity index is 2050. The Morgan fingerprint density at radius 3 is 2.64 bits per heavy atom. The van der Waals surface area contributed by atoms with Gasteiger partial charge in [0, 0.05) is 41.5 Å². The lowest BCUT2D eigenvalue weighted by molar-refractivity contribution is -0.139. The number of carboxylic acid groups (broad SMARTS) is 1. The summed E-state index contributed by atoms with van der Waals surface area (Å²) in [5, 5.41) is 22.2. The van der Waals surface area contributed by atoms with Crippen LogP contribution in [0.25, 0.3) is 11.1 Å². The molecule has 1 aliphatic heterocycles. The van der Waals surface area contributed by atoms with Crippen molar-refractivity contribution in [3.8, 4) is 22.9 Å². The molecule has 2 N–H and O–H groups in total. The molecule has 0 fully saturated rings. The van der Waals surface area contributed by atoms with Gasteiger partial charge in [0.15, 0.2) is 6.04 Å². The summed E-state index contributed by atoms with van der Waals surface area (Å²) in [4.78, 5) is 42.9. The number of hydrogen-bond acceptors (Lipinski definition) is 8. The maximum Gasteiger partial charge on any atom is 0.330 e. The van der Waals surface area contributed by atoms with Crippen LogP contribution in [0.4, 0.5) is 0 Å². The second-order valence-electron chi connectivity index (χ2n) is 10.5. The molecule has 3 aromatic carbocycles. The number of nitrogens with one attached hydrogen (secondary N) is 1. The van der Waals surface area contributed by atoms with Crippen molar-refractivity contribution in [2.24, 2.45) is 0 Å². The minimum Gasteiger partial charge on any atom is -0.492 e. The molecule has 1 unspecified atom stereocenters. The Labute approximate surface area is 258 Å². The molecule has 12 heteroatoms. The number of rotatable bonds is 8. The lowest BCUT2D eigenvalue weighted by Gasteiger charge is -2.29. The van der Waals surface area contributed by atoms with Crippen LogP contribution in [0.5, 0.6) is 5.75 Å². The normalized spacial score (nSPS) is 14.4. The molecule has 0 saturated carbocycles. The number of nitrogens with zero attached hydrogens (tertiary/aromatic N) is 3. The Morgan fingerprint density at radius 1 is 1.09 bits per heavy atom. The molecular formula is C33H26N4O7S. The molecule has 1 aliphatic carbocycles. The summed E-state index contributed by atoms with van der Waals surface area (Å²) < 4.78 is 33.8. The van der Waals surface area contributed by atoms with E-state index in [-0.39, 0.29) is 46.2 Å². The highest BCUT2D eigenvalue weighted by Gasteiger charge is 2.34. The van der Waals surface area contributed by atoms with Gasteiger partial charge in [-0.25, -0.2) is 13.2 Å². The number of ketones is 1. The number of pyridine rings is 1. The molecule has 1 amide bonds. The number of carbonyl (C=O) groups excluding carboxylic acids is 2. The number of fused-ring (bicyclic) bond motifs is 4. The van der Waals surface area contributed by atoms with E-state index in [1.807, 2.05) is 6.07 Å². The highest BCUT2D eigenvalue weighted by Crippen LogP contribution is 2.38. The summed E-state index contributed by atoms with van der Waals surface area (Å²) in [6, 6.07) is 17.6. The summed E-state index contributed by atoms with van der Waals surface area (Å²) in [7, 11) is -4.00. The number of hydrogen-bond donors (Lipinski definition) is 2. The molecule has 4 aromatic rings. The Hall–Kier alpha value is -5.38. The summed E-state index contributed by atoms with van der Waals surface area (Å²) in [6.45, 7) is 2.25. The molecule has 226 valence electrons. The molecule has 6 rings (SSSR count). The SMILES string of the molecule is CCOc1ccc(S(=O)(=O)N2CCc3ccc(C(NC(=O)c4cccc5c4-c4cccnc4C5=O)C(=O)O)cc3C2)cc1C#N. The number of aromatic nitrogens is 1. The molecule has 0 spiro atoms. The van der Waals surface area contributed by atoms with E-state index in [9.17, 15) is 33.2 Å². The maximum absolute atomic E-state index is 13.6. The van der Waals surface area contributed by atoms with Gasteiger partial charge in [-0.3, -0.25) is 14.6 Å². The first-order valence-corrected chi connectivity index (χ1v) is 15.5. The van der Waals surface area contributed by atoms with Crippen LogP contribution >= 0.6 is 0 Å². The molecule has 0 bridgehead atoms. The number of carbonyl (C=O) groups is 3. The van der Waals surface area contributed by atoms with E-state index in [1.54, 1.807) is 49.4 Å². The van der Waals surface area contributed by atoms with Gasteiger partial charge in [-0.15, -0.1) is 0 Å². The van der Waals surface area contributed by atoms with E-state index in [1.165, 1.54) is 34.8 Å². The van der Waals surface area contributed by atoms with Crippen molar-refractivity contribution in [2.75, 3.05) is 13.2 Å². The first-order valence-electron chi connectivity index (χ1n) is 14.1. The van der Waals surface area contributed by atoms with Crippen LogP contribution in [0.15, 0.2) is 77.8 Å². The fourth-order valence-corrected chi connectivity index (χ4v) is 7.20. The molecular weight excluding hydrogens is 596 g/mol. The van der Waals surface area contributed by atoms with Gasteiger partial charge >= 0.3 is 5.97 Å². The zero-order valence-corrected chi connectivity index (χ0v) is 24.8. The van der Waals surface area contributed by atoms with Crippen molar-refractivity contribution in [3.63, 3.8) is 0 Å². The molecule has 11 nitrogen and oxygen atoms in total. The van der Waals surface area contributed by atoms with Gasteiger partial charge in [0.1, 0.15) is 17.5 Å². The topological polar surface area (TPSA) is 167 Å². The number of nitriles is 1. The Balaban J connectivity index is 1.27. The standard InChI is InChI=1S/C33H26N4O7S/c1-2-44-27-11-10-23(16-21(27)17-34)45(42,43)37-14-12-19-8-9-20(15-22(19)18-37)29(33(40)41)36-32(39)26-6-3-5-25-28(26)24-7-4-13-35-30(24)31(25)38/h3-11,13,15-16,29H,2,12,14,18H2,1H3,(H,36,39)(H,40,41). The minimum absolute atomic E-state index is 0.0288. The van der Waals surface area contributed by atoms with Gasteiger partial charge in [-0.2, -0.15) is 9.57 Å². The molecule has 0 saturated heterocycles. The number of benzene rings is 3. The fraction of sp³-hybridized carbons (Fsp3) is 0.182. The summed E-state index contributed by atoms with van der Waals surface area (Å²) in [5.74, 6) is -2.02. The van der Waals surface area contributed by atoms with Crippen LogP contribution in [0.3, 0.4) is 0 Å². The second kappa shape index (κ2) is 11.6. The van der Waals surface area contributed by atoms with Crippen molar-refractivity contribution in [1.82, 2.24) is 14.6 Å². The van der Waals surface area contributed by atoms with E-state index in [4.69, 9.17) is 4.74 Å². The van der Waals surface area contributed by atoms with Gasteiger partial charge < -0.3 is 15.2 Å². The van der Waals surface area contributed by atoms with E-state index in [0.717, 1.165) is 5.56 Å². The first-order chi connectivity index (χ1) is 21.6. The van der Waals surface area contributed by atoms with E-state index in [2.05, 4.69) is 10.3 Å². The number of amides is 1. The predicted molar refractivity (Wildman–Crippen MR) is 161 cm³/mol. The third-order valence-corrected chi connectivity index (χ3v) is 9.76. The van der Waals surface area contributed by atoms with Crippen molar-refractivity contribution in [3.05, 3.63) is 112 Å². The predicted octanol–water partition coefficient (Wildman–Crippen LogP) is 3.87. The van der Waals surface area contributed by atoms with Crippen molar-refractivity contribution >= 4 is 27.7 Å². The van der Waals surface area contributed by atoms with Crippen molar-refractivity contribution in [2.45, 2.75) is 30.8 Å². The largest absolute Gasteiger partial charge is 0.492 e. The molecule has 1 atom stereocenters. The lowest BCUT2D eigenvalue weighted by Crippen LogP contribution is -2.37. The zero-order chi connectivity index (χ0) is 31.9. The van der Waals surface area contributed by atoms with Crippen LogP contribution in [0, 0.1) is 11.3 Å². The molecule has 2 aliphatic rings. The maximum atomic E-state index is 13.6. The van der Waals surface area contributed by atoms with Gasteiger partial charge in [-0.1, -0.05) is 36.4 Å². The van der Waals surface area contributed by atoms with Crippen molar-refractivity contribution < 1.29 is 32.6 Å². The summed E-state index contributed by atoms with van der Waals surface area (Å²) in [5.41, 5.74) is 3.39. The zero-order valence-electron chi connectivity index (χ0n) is 24.0. The Kier molecular flexibility index (Phi) is 7.66. The molecule has 45 heavy (non-hydrogen) atoms. The average Bonchev–Trinajstić information content (AvgIpc) is 3.34. The number of carboxylic acids is 1. The smallest absolute Gasteiger partial charge is 0.330 e. The highest BCUT2D eigenvalue weighted by molar-refractivity contribution is 7.89. The first kappa shape index (κ1) is 29.7.